The van der Waals surface area contributed by atoms with Crippen LogP contribution in [0.4, 0.5) is 0 Å². The van der Waals surface area contributed by atoms with Gasteiger partial charge in [-0.3, -0.25) is 0 Å². The van der Waals surface area contributed by atoms with Crippen LogP contribution in [0.15, 0.2) is 36.4 Å². The number of ether oxygens (including phenoxy) is 3. The molecule has 0 heterocycles. The van der Waals surface area contributed by atoms with Gasteiger partial charge in [-0.25, -0.2) is 4.79 Å². The maximum Gasteiger partial charge on any atom is 0.330 e. The van der Waals surface area contributed by atoms with Crippen molar-refractivity contribution in [3.05, 3.63) is 42.0 Å². The highest BCUT2D eigenvalue weighted by atomic mass is 16.5. The second-order valence-electron chi connectivity index (χ2n) is 6.32. The Morgan fingerprint density at radius 3 is 2.27 bits per heavy atom. The van der Waals surface area contributed by atoms with Gasteiger partial charge in [0.15, 0.2) is 0 Å². The zero-order valence-corrected chi connectivity index (χ0v) is 16.4. The molecule has 26 heavy (non-hydrogen) atoms. The maximum atomic E-state index is 11.1. The van der Waals surface area contributed by atoms with Gasteiger partial charge < -0.3 is 14.2 Å². The van der Waals surface area contributed by atoms with Crippen molar-refractivity contribution < 1.29 is 19.0 Å². The van der Waals surface area contributed by atoms with Crippen molar-refractivity contribution in [2.75, 3.05) is 20.3 Å². The molecule has 0 bridgehead atoms. The van der Waals surface area contributed by atoms with Gasteiger partial charge in [0.05, 0.1) is 20.3 Å². The van der Waals surface area contributed by atoms with Crippen molar-refractivity contribution in [1.82, 2.24) is 0 Å². The van der Waals surface area contributed by atoms with Crippen molar-refractivity contribution in [2.45, 2.75) is 64.9 Å². The summed E-state index contributed by atoms with van der Waals surface area (Å²) in [5.41, 5.74) is 1.18. The lowest BCUT2D eigenvalue weighted by Gasteiger charge is -2.06. The molecule has 1 rings (SSSR count). The first kappa shape index (κ1) is 22.2. The number of carbonyl (C=O) groups excluding carboxylic acids is 1. The molecule has 0 fully saturated rings. The third-order valence-corrected chi connectivity index (χ3v) is 4.13. The molecule has 0 aromatic heterocycles. The molecule has 0 saturated heterocycles. The molecule has 0 aliphatic carbocycles. The lowest BCUT2D eigenvalue weighted by atomic mass is 10.1. The SMILES string of the molecule is CCOC(=O)/C=C/CCCCCCCCCOCc1ccc(OC)cc1. The Morgan fingerprint density at radius 2 is 1.62 bits per heavy atom. The summed E-state index contributed by atoms with van der Waals surface area (Å²) < 4.78 is 15.7. The number of esters is 1. The Kier molecular flexibility index (Phi) is 13.2. The van der Waals surface area contributed by atoms with Gasteiger partial charge in [-0.1, -0.05) is 50.3 Å². The Hall–Kier alpha value is -1.81. The summed E-state index contributed by atoms with van der Waals surface area (Å²) in [5.74, 6) is 0.644. The fourth-order valence-electron chi connectivity index (χ4n) is 2.63. The number of rotatable bonds is 15. The van der Waals surface area contributed by atoms with E-state index >= 15 is 0 Å². The monoisotopic (exact) mass is 362 g/mol. The van der Waals surface area contributed by atoms with E-state index in [-0.39, 0.29) is 5.97 Å². The Labute approximate surface area is 158 Å². The predicted octanol–water partition coefficient (Wildman–Crippen LogP) is 5.45. The highest BCUT2D eigenvalue weighted by Gasteiger charge is 1.96. The topological polar surface area (TPSA) is 44.8 Å². The molecular weight excluding hydrogens is 328 g/mol. The van der Waals surface area contributed by atoms with Crippen LogP contribution in [-0.2, 0) is 20.9 Å². The largest absolute Gasteiger partial charge is 0.497 e. The summed E-state index contributed by atoms with van der Waals surface area (Å²) in [6.45, 7) is 3.75. The third-order valence-electron chi connectivity index (χ3n) is 4.13. The smallest absolute Gasteiger partial charge is 0.330 e. The van der Waals surface area contributed by atoms with E-state index in [1.54, 1.807) is 7.11 Å². The van der Waals surface area contributed by atoms with E-state index in [0.717, 1.165) is 31.6 Å². The van der Waals surface area contributed by atoms with Gasteiger partial charge in [0, 0.05) is 12.7 Å². The van der Waals surface area contributed by atoms with Gasteiger partial charge in [0.2, 0.25) is 0 Å². The van der Waals surface area contributed by atoms with Gasteiger partial charge in [-0.2, -0.15) is 0 Å². The van der Waals surface area contributed by atoms with Crippen LogP contribution in [0.3, 0.4) is 0 Å². The Balaban J connectivity index is 1.85. The number of allylic oxidation sites excluding steroid dienone is 1. The van der Waals surface area contributed by atoms with Crippen LogP contribution < -0.4 is 4.74 Å². The van der Waals surface area contributed by atoms with Gasteiger partial charge in [0.25, 0.3) is 0 Å². The van der Waals surface area contributed by atoms with Crippen LogP contribution in [0.5, 0.6) is 5.75 Å². The van der Waals surface area contributed by atoms with E-state index in [1.165, 1.54) is 43.7 Å². The van der Waals surface area contributed by atoms with E-state index in [4.69, 9.17) is 14.2 Å². The van der Waals surface area contributed by atoms with Crippen LogP contribution in [0.1, 0.15) is 63.9 Å². The number of methoxy groups -OCH3 is 1. The number of carbonyl (C=O) groups is 1. The summed E-state index contributed by atoms with van der Waals surface area (Å²) in [6.07, 6.45) is 12.9. The van der Waals surface area contributed by atoms with Crippen molar-refractivity contribution in [3.8, 4) is 5.75 Å². The average Bonchev–Trinajstić information content (AvgIpc) is 2.66. The van der Waals surface area contributed by atoms with E-state index in [9.17, 15) is 4.79 Å². The molecule has 1 aromatic rings. The first-order valence-corrected chi connectivity index (χ1v) is 9.80. The van der Waals surface area contributed by atoms with E-state index in [1.807, 2.05) is 37.3 Å². The average molecular weight is 363 g/mol. The van der Waals surface area contributed by atoms with E-state index < -0.39 is 0 Å². The molecule has 4 nitrogen and oxygen atoms in total. The van der Waals surface area contributed by atoms with Crippen molar-refractivity contribution >= 4 is 5.97 Å². The number of benzene rings is 1. The van der Waals surface area contributed by atoms with E-state index in [0.29, 0.717) is 13.2 Å². The molecule has 0 radical (unpaired) electrons. The molecular formula is C22H34O4. The fraction of sp³-hybridized carbons (Fsp3) is 0.591. The molecule has 0 aliphatic heterocycles. The van der Waals surface area contributed by atoms with Gasteiger partial charge >= 0.3 is 5.97 Å². The number of hydrogen-bond acceptors (Lipinski definition) is 4. The summed E-state index contributed by atoms with van der Waals surface area (Å²) in [6, 6.07) is 8.01. The second-order valence-corrected chi connectivity index (χ2v) is 6.32. The standard InChI is InChI=1S/C22H34O4/c1-3-26-22(23)13-11-9-7-5-4-6-8-10-12-18-25-19-20-14-16-21(24-2)17-15-20/h11,13-17H,3-10,12,18-19H2,1-2H3/b13-11+. The van der Waals surface area contributed by atoms with E-state index in [2.05, 4.69) is 0 Å². The van der Waals surface area contributed by atoms with Gasteiger partial charge in [-0.15, -0.1) is 0 Å². The van der Waals surface area contributed by atoms with Crippen molar-refractivity contribution in [1.29, 1.82) is 0 Å². The fourth-order valence-corrected chi connectivity index (χ4v) is 2.63. The molecule has 0 N–H and O–H groups in total. The van der Waals surface area contributed by atoms with Crippen LogP contribution >= 0.6 is 0 Å². The van der Waals surface area contributed by atoms with Crippen molar-refractivity contribution in [2.24, 2.45) is 0 Å². The molecule has 4 heteroatoms. The zero-order chi connectivity index (χ0) is 18.9. The minimum absolute atomic E-state index is 0.235. The highest BCUT2D eigenvalue weighted by molar-refractivity contribution is 5.81. The van der Waals surface area contributed by atoms with Crippen LogP contribution in [0, 0.1) is 0 Å². The summed E-state index contributed by atoms with van der Waals surface area (Å²) in [4.78, 5) is 11.1. The normalized spacial score (nSPS) is 11.0. The number of unbranched alkanes of at least 4 members (excludes halogenated alkanes) is 7. The number of hydrogen-bond donors (Lipinski definition) is 0. The lowest BCUT2D eigenvalue weighted by molar-refractivity contribution is -0.137. The highest BCUT2D eigenvalue weighted by Crippen LogP contribution is 2.13. The molecule has 0 spiro atoms. The molecule has 0 unspecified atom stereocenters. The van der Waals surface area contributed by atoms with Crippen LogP contribution in [0.2, 0.25) is 0 Å². The molecule has 0 saturated carbocycles. The van der Waals surface area contributed by atoms with Crippen LogP contribution in [-0.4, -0.2) is 26.3 Å². The lowest BCUT2D eigenvalue weighted by Crippen LogP contribution is -1.98. The first-order valence-electron chi connectivity index (χ1n) is 9.80. The van der Waals surface area contributed by atoms with Gasteiger partial charge in [0.1, 0.15) is 5.75 Å². The maximum absolute atomic E-state index is 11.1. The first-order chi connectivity index (χ1) is 12.8. The molecule has 0 aliphatic rings. The quantitative estimate of drug-likeness (QED) is 0.236. The zero-order valence-electron chi connectivity index (χ0n) is 16.4. The Bertz CT molecular complexity index is 493. The molecule has 0 atom stereocenters. The Morgan fingerprint density at radius 1 is 0.962 bits per heavy atom. The van der Waals surface area contributed by atoms with Crippen LogP contribution in [0.25, 0.3) is 0 Å². The summed E-state index contributed by atoms with van der Waals surface area (Å²) in [5, 5.41) is 0. The molecule has 1 aromatic carbocycles. The van der Waals surface area contributed by atoms with Gasteiger partial charge in [-0.05, 0) is 43.9 Å². The van der Waals surface area contributed by atoms with Crippen molar-refractivity contribution in [3.63, 3.8) is 0 Å². The molecule has 146 valence electrons. The minimum Gasteiger partial charge on any atom is -0.497 e. The third kappa shape index (κ3) is 11.7. The predicted molar refractivity (Wildman–Crippen MR) is 105 cm³/mol. The second kappa shape index (κ2) is 15.4. The minimum atomic E-state index is -0.235. The summed E-state index contributed by atoms with van der Waals surface area (Å²) in [7, 11) is 1.68. The summed E-state index contributed by atoms with van der Waals surface area (Å²) >= 11 is 0. The molecule has 0 amide bonds.